The summed E-state index contributed by atoms with van der Waals surface area (Å²) >= 11 is 3.23. The highest BCUT2D eigenvalue weighted by atomic mass is 127. The number of thiophene rings is 1. The maximum Gasteiger partial charge on any atom is 0.265 e. The zero-order valence-electron chi connectivity index (χ0n) is 14.5. The third kappa shape index (κ3) is 6.97. The molecule has 0 aliphatic carbocycles. The molecule has 1 amide bonds. The topological polar surface area (TPSA) is 38.3 Å². The maximum absolute atomic E-state index is 12.2. The van der Waals surface area contributed by atoms with Crippen molar-refractivity contribution in [3.8, 4) is 11.1 Å². The summed E-state index contributed by atoms with van der Waals surface area (Å²) in [7, 11) is 1.61. The summed E-state index contributed by atoms with van der Waals surface area (Å²) in [6.07, 6.45) is 0. The summed E-state index contributed by atoms with van der Waals surface area (Å²) in [5.41, 5.74) is 2.95. The van der Waals surface area contributed by atoms with Crippen LogP contribution in [0.2, 0.25) is 0 Å². The third-order valence-corrected chi connectivity index (χ3v) is 3.87. The minimum absolute atomic E-state index is 0.0663. The first-order valence-electron chi connectivity index (χ1n) is 7.90. The molecule has 0 aliphatic rings. The van der Waals surface area contributed by atoms with Crippen LogP contribution in [0.3, 0.4) is 0 Å². The Bertz CT molecular complexity index is 730. The van der Waals surface area contributed by atoms with Gasteiger partial charge in [-0.15, -0.1) is 11.3 Å². The molecule has 132 valence electrons. The van der Waals surface area contributed by atoms with Gasteiger partial charge in [0.05, 0.1) is 4.88 Å². The molecule has 3 rings (SSSR count). The molecule has 0 aliphatic heterocycles. The number of hydrogen-bond donors (Lipinski definition) is 1. The Kier molecular flexibility index (Phi) is 10.8. The summed E-state index contributed by atoms with van der Waals surface area (Å²) in [5, 5.41) is 4.88. The van der Waals surface area contributed by atoms with Gasteiger partial charge in [0.15, 0.2) is 0 Å². The van der Waals surface area contributed by atoms with Gasteiger partial charge in [-0.1, -0.05) is 68.4 Å². The molecule has 0 fully saturated rings. The number of benzene rings is 2. The molecule has 25 heavy (non-hydrogen) atoms. The standard InChI is InChI=1S/C17H13NOS.C2H6.CH3IO/c19-17(16-11-6-12-20-16)18-15-10-5-4-9-14(15)13-7-2-1-3-8-13;1-2;1-3-2/h1-12H,(H,18,19);1-2H3;1H3. The highest BCUT2D eigenvalue weighted by molar-refractivity contribution is 14.1. The lowest BCUT2D eigenvalue weighted by Gasteiger charge is -2.10. The van der Waals surface area contributed by atoms with Crippen LogP contribution in [0.4, 0.5) is 5.69 Å². The zero-order valence-corrected chi connectivity index (χ0v) is 17.5. The smallest absolute Gasteiger partial charge is 0.265 e. The van der Waals surface area contributed by atoms with Crippen molar-refractivity contribution in [2.24, 2.45) is 0 Å². The quantitative estimate of drug-likeness (QED) is 0.437. The van der Waals surface area contributed by atoms with Crippen molar-refractivity contribution in [2.75, 3.05) is 12.4 Å². The first-order valence-corrected chi connectivity index (χ1v) is 9.66. The molecular formula is C20H22INO2S. The summed E-state index contributed by atoms with van der Waals surface area (Å²) in [6.45, 7) is 4.00. The van der Waals surface area contributed by atoms with Gasteiger partial charge in [-0.3, -0.25) is 4.79 Å². The van der Waals surface area contributed by atoms with E-state index in [1.54, 1.807) is 30.1 Å². The van der Waals surface area contributed by atoms with E-state index in [1.165, 1.54) is 11.3 Å². The lowest BCUT2D eigenvalue weighted by Crippen LogP contribution is -2.10. The maximum atomic E-state index is 12.2. The van der Waals surface area contributed by atoms with Gasteiger partial charge in [0.1, 0.15) is 23.0 Å². The van der Waals surface area contributed by atoms with Gasteiger partial charge in [-0.2, -0.15) is 0 Å². The number of para-hydroxylation sites is 1. The first kappa shape index (κ1) is 21.3. The molecule has 1 aromatic heterocycles. The molecule has 0 atom stereocenters. The fourth-order valence-corrected chi connectivity index (χ4v) is 2.67. The van der Waals surface area contributed by atoms with Gasteiger partial charge in [-0.25, -0.2) is 0 Å². The van der Waals surface area contributed by atoms with Crippen LogP contribution in [0.25, 0.3) is 11.1 Å². The van der Waals surface area contributed by atoms with E-state index < -0.39 is 0 Å². The van der Waals surface area contributed by atoms with Gasteiger partial charge in [0.25, 0.3) is 5.91 Å². The van der Waals surface area contributed by atoms with Crippen molar-refractivity contribution in [2.45, 2.75) is 13.8 Å². The van der Waals surface area contributed by atoms with Crippen LogP contribution in [0.5, 0.6) is 0 Å². The number of carbonyl (C=O) groups excluding carboxylic acids is 1. The van der Waals surface area contributed by atoms with Crippen molar-refractivity contribution < 1.29 is 7.86 Å². The van der Waals surface area contributed by atoms with E-state index in [4.69, 9.17) is 0 Å². The molecule has 0 bridgehead atoms. The number of rotatable bonds is 3. The third-order valence-electron chi connectivity index (χ3n) is 3.01. The summed E-state index contributed by atoms with van der Waals surface area (Å²) in [5.74, 6) is -0.0663. The second kappa shape index (κ2) is 12.6. The number of nitrogens with one attached hydrogen (secondary N) is 1. The normalized spacial score (nSPS) is 9.12. The van der Waals surface area contributed by atoms with Crippen LogP contribution >= 0.6 is 34.3 Å². The fraction of sp³-hybridized carbons (Fsp3) is 0.150. The molecule has 3 aromatic rings. The first-order chi connectivity index (χ1) is 12.3. The molecule has 0 saturated heterocycles. The van der Waals surface area contributed by atoms with Crippen LogP contribution in [-0.4, -0.2) is 13.0 Å². The van der Waals surface area contributed by atoms with E-state index in [0.717, 1.165) is 16.8 Å². The zero-order chi connectivity index (χ0) is 18.5. The highest BCUT2D eigenvalue weighted by Gasteiger charge is 2.10. The fourth-order valence-electron chi connectivity index (χ4n) is 2.05. The number of carbonyl (C=O) groups is 1. The van der Waals surface area contributed by atoms with E-state index in [-0.39, 0.29) is 5.91 Å². The molecule has 0 spiro atoms. The Morgan fingerprint density at radius 3 is 2.16 bits per heavy atom. The lowest BCUT2D eigenvalue weighted by molar-refractivity contribution is 0.103. The molecule has 1 heterocycles. The molecule has 0 radical (unpaired) electrons. The Hall–Kier alpha value is -1.70. The van der Waals surface area contributed by atoms with Crippen LogP contribution in [0, 0.1) is 0 Å². The molecule has 2 aromatic carbocycles. The van der Waals surface area contributed by atoms with Gasteiger partial charge in [-0.05, 0) is 23.1 Å². The second-order valence-electron chi connectivity index (χ2n) is 4.50. The Morgan fingerprint density at radius 2 is 1.56 bits per heavy atom. The highest BCUT2D eigenvalue weighted by Crippen LogP contribution is 2.28. The van der Waals surface area contributed by atoms with Gasteiger partial charge in [0, 0.05) is 18.4 Å². The van der Waals surface area contributed by atoms with Gasteiger partial charge < -0.3 is 8.38 Å². The van der Waals surface area contributed by atoms with E-state index in [0.29, 0.717) is 4.88 Å². The second-order valence-corrected chi connectivity index (χ2v) is 6.33. The van der Waals surface area contributed by atoms with Crippen LogP contribution < -0.4 is 5.32 Å². The minimum Gasteiger partial charge on any atom is -0.321 e. The van der Waals surface area contributed by atoms with Crippen LogP contribution in [-0.2, 0) is 3.07 Å². The predicted octanol–water partition coefficient (Wildman–Crippen LogP) is 6.68. The Balaban J connectivity index is 0.000000567. The molecule has 1 N–H and O–H groups in total. The van der Waals surface area contributed by atoms with Crippen molar-refractivity contribution in [3.63, 3.8) is 0 Å². The van der Waals surface area contributed by atoms with Crippen molar-refractivity contribution >= 4 is 45.9 Å². The Labute approximate surface area is 167 Å². The predicted molar refractivity (Wildman–Crippen MR) is 117 cm³/mol. The molecular weight excluding hydrogens is 445 g/mol. The Morgan fingerprint density at radius 1 is 0.960 bits per heavy atom. The molecule has 3 nitrogen and oxygen atoms in total. The van der Waals surface area contributed by atoms with E-state index in [2.05, 4.69) is 8.38 Å². The summed E-state index contributed by atoms with van der Waals surface area (Å²) in [6, 6.07) is 21.6. The van der Waals surface area contributed by atoms with Crippen molar-refractivity contribution in [1.29, 1.82) is 0 Å². The number of anilines is 1. The molecule has 5 heteroatoms. The van der Waals surface area contributed by atoms with Crippen LogP contribution in [0.15, 0.2) is 72.1 Å². The average molecular weight is 467 g/mol. The lowest BCUT2D eigenvalue weighted by atomic mass is 10.0. The number of halogens is 1. The number of amides is 1. The van der Waals surface area contributed by atoms with Gasteiger partial charge >= 0.3 is 0 Å². The minimum atomic E-state index is -0.0663. The SMILES string of the molecule is CC.COI.O=C(Nc1ccccc1-c1ccccc1)c1cccs1. The monoisotopic (exact) mass is 467 g/mol. The molecule has 0 unspecified atom stereocenters. The van der Waals surface area contributed by atoms with Crippen LogP contribution in [0.1, 0.15) is 23.5 Å². The van der Waals surface area contributed by atoms with Gasteiger partial charge in [0.2, 0.25) is 0 Å². The van der Waals surface area contributed by atoms with Crippen molar-refractivity contribution in [1.82, 2.24) is 0 Å². The average Bonchev–Trinajstić information content (AvgIpc) is 3.20. The summed E-state index contributed by atoms with van der Waals surface area (Å²) < 4.78 is 4.22. The van der Waals surface area contributed by atoms with Crippen molar-refractivity contribution in [3.05, 3.63) is 77.0 Å². The van der Waals surface area contributed by atoms with E-state index in [9.17, 15) is 4.79 Å². The number of hydrogen-bond acceptors (Lipinski definition) is 3. The van der Waals surface area contributed by atoms with E-state index in [1.807, 2.05) is 86.0 Å². The summed E-state index contributed by atoms with van der Waals surface area (Å²) in [4.78, 5) is 12.9. The molecule has 0 saturated carbocycles. The largest absolute Gasteiger partial charge is 0.321 e. The van der Waals surface area contributed by atoms with E-state index >= 15 is 0 Å².